The zero-order chi connectivity index (χ0) is 7.84. The van der Waals surface area contributed by atoms with Crippen molar-refractivity contribution in [3.8, 4) is 0 Å². The van der Waals surface area contributed by atoms with Crippen LogP contribution in [0.1, 0.15) is 0 Å². The normalized spacial score (nSPS) is 10.7. The summed E-state index contributed by atoms with van der Waals surface area (Å²) in [6.07, 6.45) is 1.73. The van der Waals surface area contributed by atoms with E-state index < -0.39 is 0 Å². The molecular weight excluding hydrogens is 211 g/mol. The molecule has 56 valence electrons. The van der Waals surface area contributed by atoms with Crippen molar-refractivity contribution in [3.05, 3.63) is 28.7 Å². The molecule has 11 heavy (non-hydrogen) atoms. The standard InChI is InChI=1S/C7H4BrFN2/c8-7-4(9)3-6-5(11-7)1-2-10-6/h1-3,10H. The van der Waals surface area contributed by atoms with Gasteiger partial charge < -0.3 is 4.98 Å². The number of hydrogen-bond acceptors (Lipinski definition) is 1. The number of H-pyrrole nitrogens is 1. The highest BCUT2D eigenvalue weighted by atomic mass is 79.9. The van der Waals surface area contributed by atoms with E-state index in [1.807, 2.05) is 0 Å². The van der Waals surface area contributed by atoms with E-state index in [9.17, 15) is 4.39 Å². The van der Waals surface area contributed by atoms with Gasteiger partial charge in [0, 0.05) is 12.3 Å². The molecule has 0 aliphatic carbocycles. The quantitative estimate of drug-likeness (QED) is 0.671. The molecule has 0 spiro atoms. The molecule has 0 saturated carbocycles. The first-order valence-corrected chi connectivity index (χ1v) is 3.86. The fraction of sp³-hybridized carbons (Fsp3) is 0. The minimum absolute atomic E-state index is 0.254. The van der Waals surface area contributed by atoms with Crippen LogP contribution < -0.4 is 0 Å². The highest BCUT2D eigenvalue weighted by Crippen LogP contribution is 2.17. The molecule has 0 fully saturated rings. The summed E-state index contributed by atoms with van der Waals surface area (Å²) >= 11 is 3.00. The van der Waals surface area contributed by atoms with Crippen molar-refractivity contribution in [2.75, 3.05) is 0 Å². The molecule has 0 amide bonds. The molecule has 2 rings (SSSR count). The summed E-state index contributed by atoms with van der Waals surface area (Å²) < 4.78 is 13.1. The van der Waals surface area contributed by atoms with Crippen molar-refractivity contribution >= 4 is 27.0 Å². The maximum Gasteiger partial charge on any atom is 0.158 e. The van der Waals surface area contributed by atoms with Gasteiger partial charge in [0.05, 0.1) is 11.0 Å². The topological polar surface area (TPSA) is 28.7 Å². The Bertz CT molecular complexity index is 360. The summed E-state index contributed by atoms with van der Waals surface area (Å²) in [4.78, 5) is 6.81. The summed E-state index contributed by atoms with van der Waals surface area (Å²) in [7, 11) is 0. The van der Waals surface area contributed by atoms with Crippen molar-refractivity contribution < 1.29 is 4.39 Å². The lowest BCUT2D eigenvalue weighted by Gasteiger charge is -1.92. The summed E-state index contributed by atoms with van der Waals surface area (Å²) in [5.74, 6) is -0.347. The predicted octanol–water partition coefficient (Wildman–Crippen LogP) is 2.46. The molecule has 4 heteroatoms. The molecule has 2 heterocycles. The molecule has 0 aliphatic rings. The average Bonchev–Trinajstić information content (AvgIpc) is 2.36. The highest BCUT2D eigenvalue weighted by molar-refractivity contribution is 9.10. The van der Waals surface area contributed by atoms with Crippen LogP contribution in [0.4, 0.5) is 4.39 Å². The van der Waals surface area contributed by atoms with Gasteiger partial charge in [-0.2, -0.15) is 0 Å². The Balaban J connectivity index is 2.86. The fourth-order valence-corrected chi connectivity index (χ4v) is 1.24. The van der Waals surface area contributed by atoms with Gasteiger partial charge in [0.1, 0.15) is 4.60 Å². The van der Waals surface area contributed by atoms with E-state index in [4.69, 9.17) is 0 Å². The van der Waals surface area contributed by atoms with Gasteiger partial charge in [0.15, 0.2) is 5.82 Å². The Morgan fingerprint density at radius 1 is 1.55 bits per heavy atom. The van der Waals surface area contributed by atoms with Gasteiger partial charge in [-0.15, -0.1) is 0 Å². The van der Waals surface area contributed by atoms with Crippen LogP contribution in [-0.2, 0) is 0 Å². The Labute approximate surface area is 70.6 Å². The molecule has 0 aromatic carbocycles. The average molecular weight is 215 g/mol. The van der Waals surface area contributed by atoms with Crippen LogP contribution in [0.5, 0.6) is 0 Å². The summed E-state index contributed by atoms with van der Waals surface area (Å²) in [6, 6.07) is 3.20. The molecular formula is C7H4BrFN2. The van der Waals surface area contributed by atoms with Crippen molar-refractivity contribution in [1.82, 2.24) is 9.97 Å². The van der Waals surface area contributed by atoms with Crippen LogP contribution in [0.3, 0.4) is 0 Å². The third-order valence-electron chi connectivity index (χ3n) is 1.44. The predicted molar refractivity (Wildman–Crippen MR) is 43.8 cm³/mol. The van der Waals surface area contributed by atoms with E-state index in [1.54, 1.807) is 12.3 Å². The van der Waals surface area contributed by atoms with Crippen LogP contribution in [0.15, 0.2) is 22.9 Å². The van der Waals surface area contributed by atoms with Crippen molar-refractivity contribution in [3.63, 3.8) is 0 Å². The molecule has 2 aromatic rings. The van der Waals surface area contributed by atoms with E-state index in [0.29, 0.717) is 5.52 Å². The van der Waals surface area contributed by atoms with Gasteiger partial charge in [-0.3, -0.25) is 0 Å². The zero-order valence-corrected chi connectivity index (χ0v) is 7.02. The van der Waals surface area contributed by atoms with Gasteiger partial charge in [-0.1, -0.05) is 0 Å². The number of nitrogens with one attached hydrogen (secondary N) is 1. The first kappa shape index (κ1) is 6.79. The van der Waals surface area contributed by atoms with E-state index in [0.717, 1.165) is 5.52 Å². The third-order valence-corrected chi connectivity index (χ3v) is 2.00. The largest absolute Gasteiger partial charge is 0.360 e. The number of fused-ring (bicyclic) bond motifs is 1. The first-order chi connectivity index (χ1) is 5.27. The van der Waals surface area contributed by atoms with E-state index in [-0.39, 0.29) is 10.4 Å². The maximum absolute atomic E-state index is 12.8. The second-order valence-electron chi connectivity index (χ2n) is 2.17. The summed E-state index contributed by atoms with van der Waals surface area (Å²) in [5.41, 5.74) is 1.48. The second kappa shape index (κ2) is 2.30. The number of pyridine rings is 1. The van der Waals surface area contributed by atoms with Gasteiger partial charge >= 0.3 is 0 Å². The smallest absolute Gasteiger partial charge is 0.158 e. The van der Waals surface area contributed by atoms with Gasteiger partial charge in [-0.25, -0.2) is 9.37 Å². The maximum atomic E-state index is 12.8. The van der Waals surface area contributed by atoms with Crippen molar-refractivity contribution in [2.24, 2.45) is 0 Å². The number of aromatic amines is 1. The molecule has 2 nitrogen and oxygen atoms in total. The minimum Gasteiger partial charge on any atom is -0.360 e. The number of hydrogen-bond donors (Lipinski definition) is 1. The van der Waals surface area contributed by atoms with Crippen LogP contribution in [0.2, 0.25) is 0 Å². The molecule has 0 radical (unpaired) electrons. The first-order valence-electron chi connectivity index (χ1n) is 3.06. The minimum atomic E-state index is -0.347. The molecule has 2 aromatic heterocycles. The van der Waals surface area contributed by atoms with E-state index in [2.05, 4.69) is 25.9 Å². The van der Waals surface area contributed by atoms with Crippen LogP contribution in [-0.4, -0.2) is 9.97 Å². The Morgan fingerprint density at radius 2 is 2.36 bits per heavy atom. The molecule has 0 atom stereocenters. The zero-order valence-electron chi connectivity index (χ0n) is 5.44. The number of rotatable bonds is 0. The number of aromatic nitrogens is 2. The van der Waals surface area contributed by atoms with Crippen LogP contribution in [0.25, 0.3) is 11.0 Å². The molecule has 0 unspecified atom stereocenters. The summed E-state index contributed by atoms with van der Waals surface area (Å²) in [6.45, 7) is 0. The van der Waals surface area contributed by atoms with Crippen LogP contribution in [0, 0.1) is 5.82 Å². The van der Waals surface area contributed by atoms with E-state index in [1.165, 1.54) is 6.07 Å². The Morgan fingerprint density at radius 3 is 3.18 bits per heavy atom. The lowest BCUT2D eigenvalue weighted by molar-refractivity contribution is 0.616. The van der Waals surface area contributed by atoms with Gasteiger partial charge in [-0.05, 0) is 22.0 Å². The number of nitrogens with zero attached hydrogens (tertiary/aromatic N) is 1. The number of halogens is 2. The second-order valence-corrected chi connectivity index (χ2v) is 2.92. The third kappa shape index (κ3) is 1.03. The molecule has 1 N–H and O–H groups in total. The van der Waals surface area contributed by atoms with E-state index >= 15 is 0 Å². The van der Waals surface area contributed by atoms with Crippen molar-refractivity contribution in [2.45, 2.75) is 0 Å². The molecule has 0 aliphatic heterocycles. The lowest BCUT2D eigenvalue weighted by atomic mass is 10.4. The van der Waals surface area contributed by atoms with Crippen molar-refractivity contribution in [1.29, 1.82) is 0 Å². The lowest BCUT2D eigenvalue weighted by Crippen LogP contribution is -1.82. The van der Waals surface area contributed by atoms with Gasteiger partial charge in [0.25, 0.3) is 0 Å². The monoisotopic (exact) mass is 214 g/mol. The molecule has 0 bridgehead atoms. The SMILES string of the molecule is Fc1cc2[nH]ccc2nc1Br. The fourth-order valence-electron chi connectivity index (χ4n) is 0.933. The molecule has 0 saturated heterocycles. The van der Waals surface area contributed by atoms with Crippen LogP contribution >= 0.6 is 15.9 Å². The Hall–Kier alpha value is -0.900. The highest BCUT2D eigenvalue weighted by Gasteiger charge is 2.02. The summed E-state index contributed by atoms with van der Waals surface area (Å²) in [5, 5.41) is 0. The Kier molecular flexibility index (Phi) is 1.42. The van der Waals surface area contributed by atoms with Gasteiger partial charge in [0.2, 0.25) is 0 Å².